The first-order valence-corrected chi connectivity index (χ1v) is 9.35. The van der Waals surface area contributed by atoms with E-state index in [1.54, 1.807) is 29.8 Å². The van der Waals surface area contributed by atoms with E-state index in [2.05, 4.69) is 9.97 Å². The van der Waals surface area contributed by atoms with Crippen molar-refractivity contribution in [3.05, 3.63) is 64.7 Å². The Morgan fingerprint density at radius 3 is 2.77 bits per heavy atom. The van der Waals surface area contributed by atoms with Gasteiger partial charge < -0.3 is 4.74 Å². The van der Waals surface area contributed by atoms with E-state index in [0.29, 0.717) is 35.6 Å². The molecule has 134 valence electrons. The van der Waals surface area contributed by atoms with Gasteiger partial charge in [0, 0.05) is 24.9 Å². The lowest BCUT2D eigenvalue weighted by molar-refractivity contribution is -0.139. The molecule has 0 aliphatic rings. The fraction of sp³-hybridized carbons (Fsp3) is 0.263. The molecule has 0 aliphatic heterocycles. The molecule has 0 saturated carbocycles. The van der Waals surface area contributed by atoms with Crippen molar-refractivity contribution in [2.24, 2.45) is 0 Å². The molecular weight excluding hydrogens is 350 g/mol. The molecule has 3 aromatic rings. The maximum atomic E-state index is 12.9. The number of para-hydroxylation sites is 1. The van der Waals surface area contributed by atoms with Gasteiger partial charge in [0.1, 0.15) is 0 Å². The summed E-state index contributed by atoms with van der Waals surface area (Å²) < 4.78 is 6.58. The molecule has 0 unspecified atom stereocenters. The zero-order valence-corrected chi connectivity index (χ0v) is 15.2. The number of fused-ring (bicyclic) bond motifs is 1. The van der Waals surface area contributed by atoms with Crippen LogP contribution in [0, 0.1) is 0 Å². The Morgan fingerprint density at radius 2 is 2.00 bits per heavy atom. The maximum absolute atomic E-state index is 12.9. The Labute approximate surface area is 155 Å². The van der Waals surface area contributed by atoms with Crippen molar-refractivity contribution in [2.75, 3.05) is 12.4 Å². The molecule has 0 N–H and O–H groups in total. The fourth-order valence-electron chi connectivity index (χ4n) is 2.55. The van der Waals surface area contributed by atoms with Gasteiger partial charge in [-0.15, -0.1) is 0 Å². The minimum Gasteiger partial charge on any atom is -0.465 e. The van der Waals surface area contributed by atoms with Crippen LogP contribution in [0.3, 0.4) is 0 Å². The summed E-state index contributed by atoms with van der Waals surface area (Å²) in [4.78, 5) is 33.5. The second kappa shape index (κ2) is 8.62. The van der Waals surface area contributed by atoms with E-state index in [4.69, 9.17) is 4.74 Å². The normalized spacial score (nSPS) is 10.8. The highest BCUT2D eigenvalue weighted by atomic mass is 32.2. The number of ether oxygens (including phenoxy) is 1. The Hall–Kier alpha value is -2.67. The number of nitrogens with zero attached hydrogens (tertiary/aromatic N) is 3. The molecule has 0 radical (unpaired) electrons. The average molecular weight is 369 g/mol. The van der Waals surface area contributed by atoms with Gasteiger partial charge in [-0.25, -0.2) is 4.98 Å². The standard InChI is InChI=1S/C19H19N3O3S/c1-2-25-17(23)13-26-19-21-16-9-4-3-8-15(16)18(24)22(19)12-10-14-7-5-6-11-20-14/h3-9,11H,2,10,12-13H2,1H3. The summed E-state index contributed by atoms with van der Waals surface area (Å²) in [5, 5.41) is 1.08. The SMILES string of the molecule is CCOC(=O)CSc1nc2ccccc2c(=O)n1CCc1ccccn1. The molecular formula is C19H19N3O3S. The van der Waals surface area contributed by atoms with Gasteiger partial charge in [-0.3, -0.25) is 19.1 Å². The minimum atomic E-state index is -0.323. The summed E-state index contributed by atoms with van der Waals surface area (Å²) in [5.41, 5.74) is 1.41. The van der Waals surface area contributed by atoms with Crippen molar-refractivity contribution in [1.82, 2.24) is 14.5 Å². The smallest absolute Gasteiger partial charge is 0.316 e. The van der Waals surface area contributed by atoms with Crippen LogP contribution < -0.4 is 5.56 Å². The van der Waals surface area contributed by atoms with Gasteiger partial charge in [0.25, 0.3) is 5.56 Å². The third-order valence-electron chi connectivity index (χ3n) is 3.77. The fourth-order valence-corrected chi connectivity index (χ4v) is 3.38. The van der Waals surface area contributed by atoms with Gasteiger partial charge in [-0.05, 0) is 31.2 Å². The summed E-state index contributed by atoms with van der Waals surface area (Å²) in [5.74, 6) is -0.210. The van der Waals surface area contributed by atoms with Crippen LogP contribution in [-0.4, -0.2) is 32.9 Å². The number of hydrogen-bond donors (Lipinski definition) is 0. The third kappa shape index (κ3) is 4.29. The second-order valence-corrected chi connectivity index (χ2v) is 6.48. The van der Waals surface area contributed by atoms with Crippen molar-refractivity contribution in [3.63, 3.8) is 0 Å². The number of carbonyl (C=O) groups is 1. The van der Waals surface area contributed by atoms with Crippen LogP contribution in [0.15, 0.2) is 58.6 Å². The lowest BCUT2D eigenvalue weighted by Gasteiger charge is -2.12. The number of thioether (sulfide) groups is 1. The number of benzene rings is 1. The van der Waals surface area contributed by atoms with E-state index in [9.17, 15) is 9.59 Å². The lowest BCUT2D eigenvalue weighted by atomic mass is 10.2. The summed E-state index contributed by atoms with van der Waals surface area (Å²) in [6.45, 7) is 2.54. The number of hydrogen-bond acceptors (Lipinski definition) is 6. The number of aromatic nitrogens is 3. The maximum Gasteiger partial charge on any atom is 0.316 e. The molecule has 1 aromatic carbocycles. The zero-order chi connectivity index (χ0) is 18.4. The highest BCUT2D eigenvalue weighted by Gasteiger charge is 2.13. The molecule has 6 nitrogen and oxygen atoms in total. The number of pyridine rings is 1. The quantitative estimate of drug-likeness (QED) is 0.362. The molecule has 7 heteroatoms. The van der Waals surface area contributed by atoms with Crippen molar-refractivity contribution < 1.29 is 9.53 Å². The molecule has 0 aliphatic carbocycles. The van der Waals surface area contributed by atoms with Crippen molar-refractivity contribution in [1.29, 1.82) is 0 Å². The van der Waals surface area contributed by atoms with Crippen LogP contribution in [0.2, 0.25) is 0 Å². The topological polar surface area (TPSA) is 74.1 Å². The van der Waals surface area contributed by atoms with Gasteiger partial charge in [0.15, 0.2) is 5.16 Å². The number of rotatable bonds is 7. The summed E-state index contributed by atoms with van der Waals surface area (Å²) in [7, 11) is 0. The van der Waals surface area contributed by atoms with E-state index in [0.717, 1.165) is 5.69 Å². The largest absolute Gasteiger partial charge is 0.465 e. The summed E-state index contributed by atoms with van der Waals surface area (Å²) in [6.07, 6.45) is 2.33. The monoisotopic (exact) mass is 369 g/mol. The Bertz CT molecular complexity index is 957. The highest BCUT2D eigenvalue weighted by Crippen LogP contribution is 2.18. The molecule has 26 heavy (non-hydrogen) atoms. The molecule has 0 bridgehead atoms. The predicted molar refractivity (Wildman–Crippen MR) is 101 cm³/mol. The molecule has 0 atom stereocenters. The van der Waals surface area contributed by atoms with Crippen LogP contribution in [0.4, 0.5) is 0 Å². The predicted octanol–water partition coefficient (Wildman–Crippen LogP) is 2.69. The summed E-state index contributed by atoms with van der Waals surface area (Å²) in [6, 6.07) is 12.9. The van der Waals surface area contributed by atoms with Crippen LogP contribution in [0.5, 0.6) is 0 Å². The molecule has 0 saturated heterocycles. The van der Waals surface area contributed by atoms with Gasteiger partial charge >= 0.3 is 5.97 Å². The highest BCUT2D eigenvalue weighted by molar-refractivity contribution is 7.99. The van der Waals surface area contributed by atoms with Gasteiger partial charge in [-0.2, -0.15) is 0 Å². The Balaban J connectivity index is 1.92. The average Bonchev–Trinajstić information content (AvgIpc) is 2.67. The van der Waals surface area contributed by atoms with Crippen LogP contribution in [-0.2, 0) is 22.5 Å². The lowest BCUT2D eigenvalue weighted by Crippen LogP contribution is -2.25. The molecule has 3 rings (SSSR count). The molecule has 2 aromatic heterocycles. The Morgan fingerprint density at radius 1 is 1.19 bits per heavy atom. The first kappa shape index (κ1) is 18.1. The number of aryl methyl sites for hydroxylation is 1. The van der Waals surface area contributed by atoms with E-state index in [1.807, 2.05) is 30.3 Å². The van der Waals surface area contributed by atoms with Crippen molar-refractivity contribution in [2.45, 2.75) is 25.0 Å². The van der Waals surface area contributed by atoms with Crippen molar-refractivity contribution in [3.8, 4) is 0 Å². The van der Waals surface area contributed by atoms with E-state index >= 15 is 0 Å². The second-order valence-electron chi connectivity index (χ2n) is 5.53. The van der Waals surface area contributed by atoms with Gasteiger partial charge in [0.2, 0.25) is 0 Å². The third-order valence-corrected chi connectivity index (χ3v) is 4.72. The van der Waals surface area contributed by atoms with Crippen LogP contribution in [0.25, 0.3) is 10.9 Å². The van der Waals surface area contributed by atoms with Gasteiger partial charge in [0.05, 0.1) is 23.3 Å². The summed E-state index contributed by atoms with van der Waals surface area (Å²) >= 11 is 1.22. The van der Waals surface area contributed by atoms with E-state index in [1.165, 1.54) is 11.8 Å². The van der Waals surface area contributed by atoms with E-state index in [-0.39, 0.29) is 17.3 Å². The van der Waals surface area contributed by atoms with E-state index < -0.39 is 0 Å². The Kier molecular flexibility index (Phi) is 6.01. The number of esters is 1. The number of carbonyl (C=O) groups excluding carboxylic acids is 1. The molecule has 0 amide bonds. The molecule has 2 heterocycles. The molecule has 0 spiro atoms. The van der Waals surface area contributed by atoms with Gasteiger partial charge in [-0.1, -0.05) is 30.0 Å². The van der Waals surface area contributed by atoms with Crippen LogP contribution in [0.1, 0.15) is 12.6 Å². The molecule has 0 fully saturated rings. The zero-order valence-electron chi connectivity index (χ0n) is 14.4. The minimum absolute atomic E-state index is 0.113. The van der Waals surface area contributed by atoms with Crippen LogP contribution >= 0.6 is 11.8 Å². The first-order valence-electron chi connectivity index (χ1n) is 8.37. The van der Waals surface area contributed by atoms with Crippen molar-refractivity contribution >= 4 is 28.6 Å². The first-order chi connectivity index (χ1) is 12.7.